The van der Waals surface area contributed by atoms with Crippen LogP contribution in [0.15, 0.2) is 24.5 Å². The number of hydrogen-bond donors (Lipinski definition) is 0. The highest BCUT2D eigenvalue weighted by molar-refractivity contribution is 7.88. The highest BCUT2D eigenvalue weighted by Crippen LogP contribution is 2.33. The second-order valence-electron chi connectivity index (χ2n) is 5.70. The number of pyridine rings is 1. The number of fused-ring (bicyclic) bond motifs is 1. The Bertz CT molecular complexity index is 632. The van der Waals surface area contributed by atoms with Crippen molar-refractivity contribution < 1.29 is 13.2 Å². The average molecular weight is 309 g/mol. The van der Waals surface area contributed by atoms with Gasteiger partial charge in [0.1, 0.15) is 0 Å². The average Bonchev–Trinajstić information content (AvgIpc) is 2.95. The minimum Gasteiger partial charge on any atom is -0.338 e. The van der Waals surface area contributed by atoms with E-state index in [2.05, 4.69) is 4.98 Å². The Labute approximate surface area is 124 Å². The van der Waals surface area contributed by atoms with Gasteiger partial charge in [-0.3, -0.25) is 9.78 Å². The molecule has 2 atom stereocenters. The Kier molecular flexibility index (Phi) is 3.71. The summed E-state index contributed by atoms with van der Waals surface area (Å²) in [7, 11) is -3.23. The predicted octanol–water partition coefficient (Wildman–Crippen LogP) is 0.259. The van der Waals surface area contributed by atoms with Crippen molar-refractivity contribution in [3.63, 3.8) is 0 Å². The molecule has 0 radical (unpaired) electrons. The molecule has 2 fully saturated rings. The number of carbonyl (C=O) groups is 1. The predicted molar refractivity (Wildman–Crippen MR) is 78.0 cm³/mol. The molecule has 6 nitrogen and oxygen atoms in total. The van der Waals surface area contributed by atoms with E-state index in [0.29, 0.717) is 19.5 Å². The molecular weight excluding hydrogens is 290 g/mol. The fourth-order valence-corrected chi connectivity index (χ4v) is 4.53. The van der Waals surface area contributed by atoms with Crippen molar-refractivity contribution in [2.75, 3.05) is 19.3 Å². The van der Waals surface area contributed by atoms with Gasteiger partial charge in [-0.1, -0.05) is 6.07 Å². The zero-order valence-electron chi connectivity index (χ0n) is 12.0. The molecule has 1 aromatic rings. The first kappa shape index (κ1) is 14.5. The van der Waals surface area contributed by atoms with Gasteiger partial charge in [0.25, 0.3) is 0 Å². The molecule has 2 saturated heterocycles. The van der Waals surface area contributed by atoms with Crippen LogP contribution in [0.1, 0.15) is 18.4 Å². The molecule has 2 aliphatic heterocycles. The van der Waals surface area contributed by atoms with Gasteiger partial charge in [-0.15, -0.1) is 0 Å². The Balaban J connectivity index is 1.69. The Morgan fingerprint density at radius 1 is 1.38 bits per heavy atom. The second kappa shape index (κ2) is 5.38. The van der Waals surface area contributed by atoms with Crippen molar-refractivity contribution in [2.24, 2.45) is 0 Å². The van der Waals surface area contributed by atoms with Crippen molar-refractivity contribution in [1.29, 1.82) is 0 Å². The molecule has 0 unspecified atom stereocenters. The summed E-state index contributed by atoms with van der Waals surface area (Å²) in [5.41, 5.74) is 1.09. The van der Waals surface area contributed by atoms with Gasteiger partial charge in [-0.05, 0) is 24.5 Å². The Morgan fingerprint density at radius 3 is 2.86 bits per heavy atom. The van der Waals surface area contributed by atoms with Crippen LogP contribution in [-0.4, -0.2) is 59.9 Å². The summed E-state index contributed by atoms with van der Waals surface area (Å²) < 4.78 is 25.0. The summed E-state index contributed by atoms with van der Waals surface area (Å²) in [6.07, 6.45) is 6.54. The summed E-state index contributed by atoms with van der Waals surface area (Å²) in [6.45, 7) is 1.15. The third kappa shape index (κ3) is 2.80. The van der Waals surface area contributed by atoms with E-state index >= 15 is 0 Å². The zero-order chi connectivity index (χ0) is 15.0. The van der Waals surface area contributed by atoms with Crippen molar-refractivity contribution >= 4 is 15.9 Å². The lowest BCUT2D eigenvalue weighted by molar-refractivity contribution is -0.129. The third-order valence-corrected chi connectivity index (χ3v) is 5.66. The number of aromatic nitrogens is 1. The molecule has 1 amide bonds. The molecule has 21 heavy (non-hydrogen) atoms. The van der Waals surface area contributed by atoms with E-state index < -0.39 is 10.0 Å². The summed E-state index contributed by atoms with van der Waals surface area (Å²) in [5, 5.41) is 0. The van der Waals surface area contributed by atoms with Crippen LogP contribution in [0, 0.1) is 0 Å². The number of hydrogen-bond acceptors (Lipinski definition) is 4. The van der Waals surface area contributed by atoms with E-state index in [9.17, 15) is 13.2 Å². The van der Waals surface area contributed by atoms with Crippen LogP contribution in [0.2, 0.25) is 0 Å². The lowest BCUT2D eigenvalue weighted by atomic mass is 10.1. The van der Waals surface area contributed by atoms with Crippen LogP contribution < -0.4 is 0 Å². The number of sulfonamides is 1. The van der Waals surface area contributed by atoms with Crippen LogP contribution >= 0.6 is 0 Å². The molecule has 0 spiro atoms. The van der Waals surface area contributed by atoms with Gasteiger partial charge in [-0.25, -0.2) is 8.42 Å². The summed E-state index contributed by atoms with van der Waals surface area (Å²) >= 11 is 0. The number of carbonyl (C=O) groups excluding carboxylic acids is 1. The van der Waals surface area contributed by atoms with Crippen LogP contribution in [0.3, 0.4) is 0 Å². The van der Waals surface area contributed by atoms with Crippen LogP contribution in [0.4, 0.5) is 0 Å². The molecule has 3 rings (SSSR count). The van der Waals surface area contributed by atoms with Crippen molar-refractivity contribution in [2.45, 2.75) is 31.3 Å². The monoisotopic (exact) mass is 309 g/mol. The van der Waals surface area contributed by atoms with Gasteiger partial charge in [0.15, 0.2) is 0 Å². The zero-order valence-corrected chi connectivity index (χ0v) is 12.8. The molecule has 0 N–H and O–H groups in total. The molecule has 1 aromatic heterocycles. The minimum absolute atomic E-state index is 0.0314. The SMILES string of the molecule is CS(=O)(=O)N1CC[C@H]2[C@@H]1CC(=O)N2CCc1cccnc1. The largest absolute Gasteiger partial charge is 0.338 e. The quantitative estimate of drug-likeness (QED) is 0.800. The molecule has 0 bridgehead atoms. The highest BCUT2D eigenvalue weighted by atomic mass is 32.2. The topological polar surface area (TPSA) is 70.6 Å². The molecule has 2 aliphatic rings. The van der Waals surface area contributed by atoms with Gasteiger partial charge in [0.05, 0.1) is 18.3 Å². The number of nitrogens with zero attached hydrogens (tertiary/aromatic N) is 3. The maximum atomic E-state index is 12.2. The van der Waals surface area contributed by atoms with Crippen molar-refractivity contribution in [3.05, 3.63) is 30.1 Å². The summed E-state index contributed by atoms with van der Waals surface area (Å²) in [5.74, 6) is 0.0576. The van der Waals surface area contributed by atoms with Crippen LogP contribution in [0.5, 0.6) is 0 Å². The molecule has 0 aliphatic carbocycles. The smallest absolute Gasteiger partial charge is 0.224 e. The molecule has 3 heterocycles. The number of rotatable bonds is 4. The van der Waals surface area contributed by atoms with Gasteiger partial charge in [-0.2, -0.15) is 4.31 Å². The standard InChI is InChI=1S/C14H19N3O3S/c1-21(19,20)17-8-5-12-13(17)9-14(18)16(12)7-4-11-3-2-6-15-10-11/h2-3,6,10,12-13H,4-5,7-9H2,1H3/t12-,13-/m0/s1. The van der Waals surface area contributed by atoms with Crippen LogP contribution in [-0.2, 0) is 21.2 Å². The number of amides is 1. The lowest BCUT2D eigenvalue weighted by Crippen LogP contribution is -2.40. The molecule has 0 saturated carbocycles. The minimum atomic E-state index is -3.23. The maximum Gasteiger partial charge on any atom is 0.224 e. The van der Waals surface area contributed by atoms with Crippen LogP contribution in [0.25, 0.3) is 0 Å². The molecule has 0 aromatic carbocycles. The van der Waals surface area contributed by atoms with Gasteiger partial charge >= 0.3 is 0 Å². The summed E-state index contributed by atoms with van der Waals surface area (Å²) in [6, 6.07) is 3.72. The Morgan fingerprint density at radius 2 is 2.19 bits per heavy atom. The fraction of sp³-hybridized carbons (Fsp3) is 0.571. The molecule has 7 heteroatoms. The highest BCUT2D eigenvalue weighted by Gasteiger charge is 2.49. The molecular formula is C14H19N3O3S. The van der Waals surface area contributed by atoms with Gasteiger partial charge in [0, 0.05) is 31.9 Å². The van der Waals surface area contributed by atoms with E-state index in [1.165, 1.54) is 10.6 Å². The van der Waals surface area contributed by atoms with E-state index in [0.717, 1.165) is 18.4 Å². The van der Waals surface area contributed by atoms with Gasteiger partial charge in [0.2, 0.25) is 15.9 Å². The molecule has 114 valence electrons. The maximum absolute atomic E-state index is 12.2. The van der Waals surface area contributed by atoms with E-state index in [4.69, 9.17) is 0 Å². The Hall–Kier alpha value is -1.47. The lowest BCUT2D eigenvalue weighted by Gasteiger charge is -2.24. The normalized spacial score (nSPS) is 26.3. The first-order valence-electron chi connectivity index (χ1n) is 7.12. The fourth-order valence-electron chi connectivity index (χ4n) is 3.39. The van der Waals surface area contributed by atoms with Gasteiger partial charge < -0.3 is 4.90 Å². The van der Waals surface area contributed by atoms with E-state index in [1.807, 2.05) is 17.0 Å². The van der Waals surface area contributed by atoms with E-state index in [-0.39, 0.29) is 18.0 Å². The third-order valence-electron chi connectivity index (χ3n) is 4.35. The van der Waals surface area contributed by atoms with Crippen molar-refractivity contribution in [3.8, 4) is 0 Å². The number of likely N-dealkylation sites (tertiary alicyclic amines) is 1. The second-order valence-corrected chi connectivity index (χ2v) is 7.63. The van der Waals surface area contributed by atoms with Crippen molar-refractivity contribution in [1.82, 2.24) is 14.2 Å². The summed E-state index contributed by atoms with van der Waals surface area (Å²) in [4.78, 5) is 18.1. The van der Waals surface area contributed by atoms with E-state index in [1.54, 1.807) is 12.4 Å². The first-order valence-corrected chi connectivity index (χ1v) is 8.97. The first-order chi connectivity index (χ1) is 9.97.